The molecule has 0 bridgehead atoms. The van der Waals surface area contributed by atoms with E-state index in [1.807, 2.05) is 0 Å². The number of amides is 1. The van der Waals surface area contributed by atoms with Gasteiger partial charge in [-0.1, -0.05) is 27.5 Å². The van der Waals surface area contributed by atoms with E-state index in [1.165, 1.54) is 12.4 Å². The summed E-state index contributed by atoms with van der Waals surface area (Å²) in [4.78, 5) is 19.0. The van der Waals surface area contributed by atoms with E-state index in [0.717, 1.165) is 0 Å². The highest BCUT2D eigenvalue weighted by Crippen LogP contribution is 2.18. The highest BCUT2D eigenvalue weighted by Gasteiger charge is 2.23. The minimum atomic E-state index is -0.634. The van der Waals surface area contributed by atoms with Crippen molar-refractivity contribution in [2.24, 2.45) is 0 Å². The van der Waals surface area contributed by atoms with Crippen LogP contribution < -0.4 is 5.32 Å². The third kappa shape index (κ3) is 3.23. The van der Waals surface area contributed by atoms with Crippen LogP contribution in [0.2, 0.25) is 5.15 Å². The minimum Gasteiger partial charge on any atom is -0.309 e. The fourth-order valence-electron chi connectivity index (χ4n) is 0.667. The summed E-state index contributed by atoms with van der Waals surface area (Å²) in [6, 6.07) is 1.48. The van der Waals surface area contributed by atoms with E-state index >= 15 is 0 Å². The molecule has 1 amide bonds. The van der Waals surface area contributed by atoms with Gasteiger partial charge < -0.3 is 5.32 Å². The van der Waals surface area contributed by atoms with Crippen LogP contribution in [0.3, 0.4) is 0 Å². The molecule has 6 heteroatoms. The summed E-state index contributed by atoms with van der Waals surface area (Å²) in [5.41, 5.74) is 0. The average molecular weight is 279 g/mol. The zero-order valence-corrected chi connectivity index (χ0v) is 10.1. The van der Waals surface area contributed by atoms with Gasteiger partial charge in [0.05, 0.1) is 4.32 Å². The summed E-state index contributed by atoms with van der Waals surface area (Å²) in [5, 5.41) is 2.90. The lowest BCUT2D eigenvalue weighted by molar-refractivity contribution is -0.117. The van der Waals surface area contributed by atoms with Crippen molar-refractivity contribution in [2.75, 3.05) is 5.32 Å². The number of anilines is 1. The first kappa shape index (κ1) is 11.4. The summed E-state index contributed by atoms with van der Waals surface area (Å²) in [6.07, 6.45) is 1.29. The van der Waals surface area contributed by atoms with Crippen LogP contribution in [0.5, 0.6) is 0 Å². The first-order chi connectivity index (χ1) is 6.39. The zero-order valence-electron chi connectivity index (χ0n) is 7.71. The lowest BCUT2D eigenvalue weighted by Gasteiger charge is -2.14. The number of halogens is 2. The van der Waals surface area contributed by atoms with Crippen LogP contribution in [0, 0.1) is 0 Å². The van der Waals surface area contributed by atoms with Crippen LogP contribution >= 0.6 is 27.5 Å². The van der Waals surface area contributed by atoms with E-state index in [1.54, 1.807) is 13.8 Å². The number of hydrogen-bond donors (Lipinski definition) is 1. The monoisotopic (exact) mass is 277 g/mol. The molecule has 0 spiro atoms. The number of nitrogens with one attached hydrogen (secondary N) is 1. The predicted octanol–water partition coefficient (Wildman–Crippen LogP) is 2.24. The number of carbonyl (C=O) groups excluding carboxylic acids is 1. The molecule has 4 nitrogen and oxygen atoms in total. The molecule has 0 aromatic carbocycles. The van der Waals surface area contributed by atoms with Gasteiger partial charge in [-0.25, -0.2) is 9.97 Å². The van der Waals surface area contributed by atoms with Crippen LogP contribution in [0.25, 0.3) is 0 Å². The second-order valence-corrected chi connectivity index (χ2v) is 5.52. The number of nitrogens with zero attached hydrogens (tertiary/aromatic N) is 2. The van der Waals surface area contributed by atoms with Crippen molar-refractivity contribution >= 4 is 39.3 Å². The molecule has 0 aliphatic heterocycles. The van der Waals surface area contributed by atoms with Gasteiger partial charge in [-0.15, -0.1) is 0 Å². The Balaban J connectivity index is 2.75. The Hall–Kier alpha value is -0.680. The van der Waals surface area contributed by atoms with E-state index in [9.17, 15) is 4.79 Å². The molecule has 0 radical (unpaired) electrons. The maximum absolute atomic E-state index is 11.5. The van der Waals surface area contributed by atoms with Gasteiger partial charge in [0, 0.05) is 6.07 Å². The van der Waals surface area contributed by atoms with E-state index in [2.05, 4.69) is 31.2 Å². The Morgan fingerprint density at radius 1 is 1.57 bits per heavy atom. The van der Waals surface area contributed by atoms with Gasteiger partial charge in [0.1, 0.15) is 17.3 Å². The maximum Gasteiger partial charge on any atom is 0.241 e. The SMILES string of the molecule is CC(C)(Br)C(=O)Nc1cc(Cl)ncn1. The van der Waals surface area contributed by atoms with E-state index in [-0.39, 0.29) is 5.91 Å². The quantitative estimate of drug-likeness (QED) is 0.667. The van der Waals surface area contributed by atoms with Crippen molar-refractivity contribution in [3.05, 3.63) is 17.5 Å². The largest absolute Gasteiger partial charge is 0.309 e. The van der Waals surface area contributed by atoms with Gasteiger partial charge in [0.15, 0.2) is 0 Å². The molecule has 14 heavy (non-hydrogen) atoms. The summed E-state index contributed by atoms with van der Waals surface area (Å²) < 4.78 is -0.634. The molecule has 0 saturated heterocycles. The fourth-order valence-corrected chi connectivity index (χ4v) is 0.913. The molecule has 1 heterocycles. The van der Waals surface area contributed by atoms with Crippen molar-refractivity contribution in [3.8, 4) is 0 Å². The van der Waals surface area contributed by atoms with Gasteiger partial charge in [-0.05, 0) is 13.8 Å². The normalized spacial score (nSPS) is 11.1. The highest BCUT2D eigenvalue weighted by atomic mass is 79.9. The van der Waals surface area contributed by atoms with E-state index in [4.69, 9.17) is 11.6 Å². The average Bonchev–Trinajstić information content (AvgIpc) is 2.02. The minimum absolute atomic E-state index is 0.188. The first-order valence-electron chi connectivity index (χ1n) is 3.87. The number of aromatic nitrogens is 2. The van der Waals surface area contributed by atoms with Gasteiger partial charge in [-0.2, -0.15) is 0 Å². The molecule has 0 atom stereocenters. The molecule has 0 unspecified atom stereocenters. The standard InChI is InChI=1S/C8H9BrClN3O/c1-8(2,9)7(14)13-6-3-5(10)11-4-12-6/h3-4H,1-2H3,(H,11,12,13,14). The van der Waals surface area contributed by atoms with Gasteiger partial charge >= 0.3 is 0 Å². The molecule has 0 saturated carbocycles. The Morgan fingerprint density at radius 2 is 2.21 bits per heavy atom. The Morgan fingerprint density at radius 3 is 2.71 bits per heavy atom. The fraction of sp³-hybridized carbons (Fsp3) is 0.375. The summed E-state index contributed by atoms with van der Waals surface area (Å²) in [7, 11) is 0. The van der Waals surface area contributed by atoms with Crippen LogP contribution in [0.4, 0.5) is 5.82 Å². The van der Waals surface area contributed by atoms with Crippen molar-refractivity contribution < 1.29 is 4.79 Å². The molecule has 76 valence electrons. The lowest BCUT2D eigenvalue weighted by atomic mass is 10.2. The number of rotatable bonds is 2. The summed E-state index contributed by atoms with van der Waals surface area (Å²) in [6.45, 7) is 3.48. The number of carbonyl (C=O) groups is 1. The Kier molecular flexibility index (Phi) is 3.44. The molecule has 0 aliphatic rings. The molecule has 0 fully saturated rings. The van der Waals surface area contributed by atoms with E-state index < -0.39 is 4.32 Å². The molecule has 1 aromatic heterocycles. The van der Waals surface area contributed by atoms with Crippen LogP contribution in [0.1, 0.15) is 13.8 Å². The molecular formula is C8H9BrClN3O. The highest BCUT2D eigenvalue weighted by molar-refractivity contribution is 9.10. The predicted molar refractivity (Wildman–Crippen MR) is 58.7 cm³/mol. The third-order valence-corrected chi connectivity index (χ3v) is 1.98. The molecule has 1 rings (SSSR count). The zero-order chi connectivity index (χ0) is 10.8. The Labute approximate surface area is 95.2 Å². The molecule has 0 aliphatic carbocycles. The molecular weight excluding hydrogens is 269 g/mol. The molecule has 1 aromatic rings. The summed E-state index contributed by atoms with van der Waals surface area (Å²) >= 11 is 8.86. The second-order valence-electron chi connectivity index (χ2n) is 3.15. The second kappa shape index (κ2) is 4.23. The van der Waals surface area contributed by atoms with Crippen LogP contribution in [-0.4, -0.2) is 20.2 Å². The molecule has 1 N–H and O–H groups in total. The third-order valence-electron chi connectivity index (χ3n) is 1.42. The van der Waals surface area contributed by atoms with Crippen molar-refractivity contribution in [2.45, 2.75) is 18.2 Å². The van der Waals surface area contributed by atoms with Crippen molar-refractivity contribution in [1.29, 1.82) is 0 Å². The van der Waals surface area contributed by atoms with Crippen LogP contribution in [0.15, 0.2) is 12.4 Å². The Bertz CT molecular complexity index is 351. The van der Waals surface area contributed by atoms with Crippen molar-refractivity contribution in [1.82, 2.24) is 9.97 Å². The smallest absolute Gasteiger partial charge is 0.241 e. The van der Waals surface area contributed by atoms with Gasteiger partial charge in [0.25, 0.3) is 0 Å². The van der Waals surface area contributed by atoms with Crippen molar-refractivity contribution in [3.63, 3.8) is 0 Å². The maximum atomic E-state index is 11.5. The number of alkyl halides is 1. The van der Waals surface area contributed by atoms with E-state index in [0.29, 0.717) is 11.0 Å². The lowest BCUT2D eigenvalue weighted by Crippen LogP contribution is -2.31. The van der Waals surface area contributed by atoms with Gasteiger partial charge in [0.2, 0.25) is 5.91 Å². The van der Waals surface area contributed by atoms with Crippen LogP contribution in [-0.2, 0) is 4.79 Å². The number of hydrogen-bond acceptors (Lipinski definition) is 3. The summed E-state index contributed by atoms with van der Waals surface area (Å²) in [5.74, 6) is 0.204. The van der Waals surface area contributed by atoms with Gasteiger partial charge in [-0.3, -0.25) is 4.79 Å². The first-order valence-corrected chi connectivity index (χ1v) is 5.04. The topological polar surface area (TPSA) is 54.9 Å².